The van der Waals surface area contributed by atoms with Gasteiger partial charge in [-0.15, -0.1) is 0 Å². The highest BCUT2D eigenvalue weighted by molar-refractivity contribution is 7.91. The van der Waals surface area contributed by atoms with Crippen LogP contribution in [0.2, 0.25) is 0 Å². The number of para-hydroxylation sites is 1. The third-order valence-corrected chi connectivity index (χ3v) is 6.98. The number of carbonyl (C=O) groups is 1. The number of amides is 1. The van der Waals surface area contributed by atoms with Crippen molar-refractivity contribution in [3.8, 4) is 5.75 Å². The monoisotopic (exact) mass is 534 g/mol. The number of aromatic hydroxyl groups is 1. The zero-order valence-electron chi connectivity index (χ0n) is 17.7. The summed E-state index contributed by atoms with van der Waals surface area (Å²) in [5.74, 6) is -2.30. The highest BCUT2D eigenvalue weighted by Crippen LogP contribution is 2.50. The number of carbonyl (C=O) groups excluding carboxylic acids is 1. The van der Waals surface area contributed by atoms with Gasteiger partial charge in [-0.2, -0.15) is 26.3 Å². The van der Waals surface area contributed by atoms with Gasteiger partial charge >= 0.3 is 12.4 Å². The maximum Gasteiger partial charge on any atom is 0.428 e. The molecule has 192 valence electrons. The highest BCUT2D eigenvalue weighted by Gasteiger charge is 2.74. The van der Waals surface area contributed by atoms with Crippen LogP contribution in [-0.4, -0.2) is 47.5 Å². The Balaban J connectivity index is 2.13. The van der Waals surface area contributed by atoms with Gasteiger partial charge in [0.2, 0.25) is 9.84 Å². The SMILES string of the molecule is O=C(NC(c1ccc(S(=O)(=O)c2ccncc2)cc1)C(O)(C(F)(F)F)C(F)(F)F)c1ccccc1O. The van der Waals surface area contributed by atoms with E-state index in [0.29, 0.717) is 12.1 Å². The van der Waals surface area contributed by atoms with E-state index in [-0.39, 0.29) is 4.90 Å². The van der Waals surface area contributed by atoms with Gasteiger partial charge < -0.3 is 15.5 Å². The number of phenolic OH excluding ortho intramolecular Hbond substituents is 1. The summed E-state index contributed by atoms with van der Waals surface area (Å²) in [4.78, 5) is 15.5. The molecule has 3 rings (SSSR count). The van der Waals surface area contributed by atoms with Crippen molar-refractivity contribution in [2.24, 2.45) is 0 Å². The number of rotatable bonds is 6. The number of hydrogen-bond donors (Lipinski definition) is 3. The zero-order valence-corrected chi connectivity index (χ0v) is 18.6. The van der Waals surface area contributed by atoms with E-state index < -0.39 is 61.5 Å². The molecule has 0 bridgehead atoms. The molecule has 0 aliphatic carbocycles. The Morgan fingerprint density at radius 1 is 0.833 bits per heavy atom. The topological polar surface area (TPSA) is 117 Å². The Morgan fingerprint density at radius 3 is 1.83 bits per heavy atom. The maximum absolute atomic E-state index is 13.7. The number of nitrogens with zero attached hydrogens (tertiary/aromatic N) is 1. The Morgan fingerprint density at radius 2 is 1.33 bits per heavy atom. The van der Waals surface area contributed by atoms with E-state index in [4.69, 9.17) is 0 Å². The predicted molar refractivity (Wildman–Crippen MR) is 112 cm³/mol. The van der Waals surface area contributed by atoms with Crippen molar-refractivity contribution in [3.63, 3.8) is 0 Å². The van der Waals surface area contributed by atoms with Crippen LogP contribution in [0.25, 0.3) is 0 Å². The number of alkyl halides is 6. The number of aromatic nitrogens is 1. The van der Waals surface area contributed by atoms with Gasteiger partial charge in [0.05, 0.1) is 15.4 Å². The first-order valence-corrected chi connectivity index (χ1v) is 11.3. The van der Waals surface area contributed by atoms with Gasteiger partial charge in [-0.25, -0.2) is 8.42 Å². The van der Waals surface area contributed by atoms with Crippen molar-refractivity contribution >= 4 is 15.7 Å². The molecule has 0 saturated heterocycles. The number of nitrogens with one attached hydrogen (secondary N) is 1. The number of pyridine rings is 1. The summed E-state index contributed by atoms with van der Waals surface area (Å²) in [6.07, 6.45) is -10.3. The van der Waals surface area contributed by atoms with Gasteiger partial charge in [0.15, 0.2) is 0 Å². The van der Waals surface area contributed by atoms with Crippen molar-refractivity contribution in [2.45, 2.75) is 33.8 Å². The fourth-order valence-corrected chi connectivity index (χ4v) is 4.53. The van der Waals surface area contributed by atoms with Crippen molar-refractivity contribution in [2.75, 3.05) is 0 Å². The average Bonchev–Trinajstić information content (AvgIpc) is 2.81. The van der Waals surface area contributed by atoms with Crippen molar-refractivity contribution in [1.82, 2.24) is 10.3 Å². The normalized spacial score (nSPS) is 13.8. The van der Waals surface area contributed by atoms with Gasteiger partial charge in [-0.3, -0.25) is 9.78 Å². The predicted octanol–water partition coefficient (Wildman–Crippen LogP) is 3.95. The standard InChI is InChI=1S/C22H16F6N2O5S/c23-21(24,25)20(33,22(26,27)28)18(30-19(32)16-3-1-2-4-17(16)31)13-5-7-14(8-6-13)36(34,35)15-9-11-29-12-10-15/h1-12,18,31,33H,(H,30,32). The van der Waals surface area contributed by atoms with Gasteiger partial charge in [0, 0.05) is 12.4 Å². The number of sulfone groups is 1. The van der Waals surface area contributed by atoms with Crippen molar-refractivity contribution in [3.05, 3.63) is 84.2 Å². The molecule has 14 heteroatoms. The highest BCUT2D eigenvalue weighted by atomic mass is 32.2. The van der Waals surface area contributed by atoms with Crippen LogP contribution < -0.4 is 5.32 Å². The van der Waals surface area contributed by atoms with Crippen LogP contribution in [0.4, 0.5) is 26.3 Å². The van der Waals surface area contributed by atoms with Crippen molar-refractivity contribution in [1.29, 1.82) is 0 Å². The minimum atomic E-state index is -6.33. The molecule has 1 amide bonds. The van der Waals surface area contributed by atoms with E-state index >= 15 is 0 Å². The quantitative estimate of drug-likeness (QED) is 0.413. The summed E-state index contributed by atoms with van der Waals surface area (Å²) < 4.78 is 108. The Bertz CT molecular complexity index is 1330. The summed E-state index contributed by atoms with van der Waals surface area (Å²) in [6, 6.07) is 6.12. The molecular formula is C22H16F6N2O5S. The Kier molecular flexibility index (Phi) is 7.06. The largest absolute Gasteiger partial charge is 0.507 e. The summed E-state index contributed by atoms with van der Waals surface area (Å²) >= 11 is 0. The molecule has 0 fully saturated rings. The molecule has 0 aliphatic heterocycles. The van der Waals surface area contributed by atoms with Crippen molar-refractivity contribution < 1.29 is 49.8 Å². The molecule has 7 nitrogen and oxygen atoms in total. The number of aliphatic hydroxyl groups is 1. The summed E-state index contributed by atoms with van der Waals surface area (Å²) in [5.41, 5.74) is -7.05. The van der Waals surface area contributed by atoms with Gasteiger partial charge in [-0.05, 0) is 42.0 Å². The molecule has 2 aromatic carbocycles. The first kappa shape index (κ1) is 26.9. The van der Waals surface area contributed by atoms with E-state index in [1.165, 1.54) is 29.8 Å². The molecule has 3 N–H and O–H groups in total. The van der Waals surface area contributed by atoms with Crippen LogP contribution >= 0.6 is 0 Å². The van der Waals surface area contributed by atoms with Crippen LogP contribution in [0.15, 0.2) is 82.8 Å². The van der Waals surface area contributed by atoms with E-state index in [1.807, 2.05) is 0 Å². The van der Waals surface area contributed by atoms with E-state index in [2.05, 4.69) is 4.98 Å². The third kappa shape index (κ3) is 4.86. The summed E-state index contributed by atoms with van der Waals surface area (Å²) in [7, 11) is -4.21. The summed E-state index contributed by atoms with van der Waals surface area (Å²) in [5, 5.41) is 21.3. The molecular weight excluding hydrogens is 518 g/mol. The molecule has 1 atom stereocenters. The van der Waals surface area contributed by atoms with Crippen LogP contribution in [0.5, 0.6) is 5.75 Å². The smallest absolute Gasteiger partial charge is 0.428 e. The minimum absolute atomic E-state index is 0.239. The van der Waals surface area contributed by atoms with Crippen LogP contribution in [0.3, 0.4) is 0 Å². The van der Waals surface area contributed by atoms with Crippen LogP contribution in [0.1, 0.15) is 22.0 Å². The molecule has 0 spiro atoms. The lowest BCUT2D eigenvalue weighted by Crippen LogP contribution is -2.64. The first-order chi connectivity index (χ1) is 16.6. The Hall–Kier alpha value is -3.65. The maximum atomic E-state index is 13.7. The fraction of sp³-hybridized carbons (Fsp3) is 0.182. The first-order valence-electron chi connectivity index (χ1n) is 9.80. The van der Waals surface area contributed by atoms with Crippen LogP contribution in [0, 0.1) is 0 Å². The lowest BCUT2D eigenvalue weighted by atomic mass is 9.86. The average molecular weight is 534 g/mol. The van der Waals surface area contributed by atoms with E-state index in [1.54, 1.807) is 0 Å². The molecule has 3 aromatic rings. The molecule has 0 radical (unpaired) electrons. The number of halogens is 6. The minimum Gasteiger partial charge on any atom is -0.507 e. The van der Waals surface area contributed by atoms with Crippen LogP contribution in [-0.2, 0) is 9.84 Å². The molecule has 36 heavy (non-hydrogen) atoms. The molecule has 1 aromatic heterocycles. The lowest BCUT2D eigenvalue weighted by Gasteiger charge is -2.39. The van der Waals surface area contributed by atoms with E-state index in [0.717, 1.165) is 36.4 Å². The second-order valence-corrected chi connectivity index (χ2v) is 9.39. The second kappa shape index (κ2) is 9.43. The van der Waals surface area contributed by atoms with Gasteiger partial charge in [0.25, 0.3) is 11.5 Å². The number of benzene rings is 2. The number of phenols is 1. The van der Waals surface area contributed by atoms with Gasteiger partial charge in [0.1, 0.15) is 11.8 Å². The second-order valence-electron chi connectivity index (χ2n) is 7.44. The zero-order chi connectivity index (χ0) is 26.9. The van der Waals surface area contributed by atoms with E-state index in [9.17, 15) is 49.8 Å². The Labute approximate surface area is 200 Å². The van der Waals surface area contributed by atoms with Gasteiger partial charge in [-0.1, -0.05) is 24.3 Å². The molecule has 1 heterocycles. The molecule has 0 saturated carbocycles. The summed E-state index contributed by atoms with van der Waals surface area (Å²) in [6.45, 7) is 0. The lowest BCUT2D eigenvalue weighted by molar-refractivity contribution is -0.377. The fourth-order valence-electron chi connectivity index (χ4n) is 3.28. The molecule has 1 unspecified atom stereocenters. The molecule has 0 aliphatic rings. The number of hydrogen-bond acceptors (Lipinski definition) is 6. The third-order valence-electron chi connectivity index (χ3n) is 5.19.